The summed E-state index contributed by atoms with van der Waals surface area (Å²) in [6, 6.07) is 1.94. The molecule has 0 aliphatic carbocycles. The van der Waals surface area contributed by atoms with Gasteiger partial charge >= 0.3 is 0 Å². The van der Waals surface area contributed by atoms with Crippen molar-refractivity contribution in [3.63, 3.8) is 0 Å². The van der Waals surface area contributed by atoms with Crippen molar-refractivity contribution in [1.29, 1.82) is 0 Å². The summed E-state index contributed by atoms with van der Waals surface area (Å²) in [5.41, 5.74) is 4.33. The van der Waals surface area contributed by atoms with Gasteiger partial charge in [-0.3, -0.25) is 4.68 Å². The number of nitrogens with one attached hydrogen (secondary N) is 1. The molecule has 3 heterocycles. The Hall–Kier alpha value is -1.75. The van der Waals surface area contributed by atoms with E-state index in [-0.39, 0.29) is 0 Å². The summed E-state index contributed by atoms with van der Waals surface area (Å²) in [4.78, 5) is 9.16. The quantitative estimate of drug-likeness (QED) is 0.787. The molecular weight excluding hydrogens is 214 g/mol. The summed E-state index contributed by atoms with van der Waals surface area (Å²) in [6.45, 7) is 3.90. The fraction of sp³-hybridized carbons (Fsp3) is 0.417. The van der Waals surface area contributed by atoms with E-state index in [2.05, 4.69) is 27.3 Å². The van der Waals surface area contributed by atoms with Gasteiger partial charge in [0.2, 0.25) is 0 Å². The molecule has 0 fully saturated rings. The molecule has 0 atom stereocenters. The van der Waals surface area contributed by atoms with Gasteiger partial charge in [0, 0.05) is 25.5 Å². The molecular formula is C12H15N5. The van der Waals surface area contributed by atoms with E-state index < -0.39 is 0 Å². The molecule has 0 bridgehead atoms. The third kappa shape index (κ3) is 1.82. The fourth-order valence-electron chi connectivity index (χ4n) is 2.20. The van der Waals surface area contributed by atoms with Crippen LogP contribution in [0.2, 0.25) is 0 Å². The van der Waals surface area contributed by atoms with Crippen molar-refractivity contribution in [2.75, 3.05) is 6.54 Å². The lowest BCUT2D eigenvalue weighted by atomic mass is 10.0. The third-order valence-corrected chi connectivity index (χ3v) is 3.09. The average Bonchev–Trinajstić information content (AvgIpc) is 2.76. The maximum absolute atomic E-state index is 4.61. The topological polar surface area (TPSA) is 55.6 Å². The summed E-state index contributed by atoms with van der Waals surface area (Å²) in [5.74, 6) is 0.727. The highest BCUT2D eigenvalue weighted by molar-refractivity contribution is 5.50. The van der Waals surface area contributed by atoms with Gasteiger partial charge in [0.15, 0.2) is 5.82 Å². The molecule has 1 aliphatic heterocycles. The van der Waals surface area contributed by atoms with Crippen LogP contribution in [-0.2, 0) is 20.0 Å². The van der Waals surface area contributed by atoms with Crippen molar-refractivity contribution >= 4 is 0 Å². The second-order valence-electron chi connectivity index (χ2n) is 4.36. The highest BCUT2D eigenvalue weighted by Crippen LogP contribution is 2.19. The lowest BCUT2D eigenvalue weighted by Gasteiger charge is -2.18. The van der Waals surface area contributed by atoms with Crippen molar-refractivity contribution in [1.82, 2.24) is 25.1 Å². The number of aromatic nitrogens is 4. The van der Waals surface area contributed by atoms with Gasteiger partial charge in [0.05, 0.1) is 5.69 Å². The first-order valence-electron chi connectivity index (χ1n) is 5.81. The van der Waals surface area contributed by atoms with E-state index in [1.807, 2.05) is 19.3 Å². The molecule has 5 nitrogen and oxygen atoms in total. The molecule has 0 saturated heterocycles. The van der Waals surface area contributed by atoms with E-state index in [4.69, 9.17) is 0 Å². The zero-order valence-electron chi connectivity index (χ0n) is 10.1. The molecule has 0 aromatic carbocycles. The number of aryl methyl sites for hydroxylation is 2. The molecule has 0 unspecified atom stereocenters. The van der Waals surface area contributed by atoms with E-state index in [1.54, 1.807) is 4.68 Å². The van der Waals surface area contributed by atoms with E-state index in [0.29, 0.717) is 0 Å². The van der Waals surface area contributed by atoms with Crippen molar-refractivity contribution < 1.29 is 0 Å². The first kappa shape index (κ1) is 10.4. The van der Waals surface area contributed by atoms with Crippen LogP contribution in [0.25, 0.3) is 11.5 Å². The molecule has 3 rings (SSSR count). The minimum absolute atomic E-state index is 0.727. The molecule has 1 N–H and O–H groups in total. The van der Waals surface area contributed by atoms with Crippen LogP contribution in [0.5, 0.6) is 0 Å². The first-order chi connectivity index (χ1) is 8.24. The largest absolute Gasteiger partial charge is 0.311 e. The zero-order chi connectivity index (χ0) is 11.8. The smallest absolute Gasteiger partial charge is 0.180 e. The Bertz CT molecular complexity index is 558. The first-order valence-corrected chi connectivity index (χ1v) is 5.81. The van der Waals surface area contributed by atoms with Crippen LogP contribution >= 0.6 is 0 Å². The molecule has 2 aromatic heterocycles. The number of nitrogens with zero attached hydrogens (tertiary/aromatic N) is 4. The molecule has 17 heavy (non-hydrogen) atoms. The van der Waals surface area contributed by atoms with Gasteiger partial charge in [-0.1, -0.05) is 0 Å². The van der Waals surface area contributed by atoms with E-state index >= 15 is 0 Å². The SMILES string of the molecule is Cc1nc(-c2ccn(C)n2)nc2c1CCNC2. The Kier molecular flexibility index (Phi) is 2.40. The molecule has 88 valence electrons. The van der Waals surface area contributed by atoms with Crippen LogP contribution in [0.15, 0.2) is 12.3 Å². The summed E-state index contributed by atoms with van der Waals surface area (Å²) in [5, 5.41) is 7.68. The molecule has 0 amide bonds. The van der Waals surface area contributed by atoms with Crippen LogP contribution in [0.1, 0.15) is 17.0 Å². The second kappa shape index (κ2) is 3.92. The van der Waals surface area contributed by atoms with Gasteiger partial charge in [-0.2, -0.15) is 5.10 Å². The molecule has 0 spiro atoms. The maximum Gasteiger partial charge on any atom is 0.180 e. The Balaban J connectivity index is 2.10. The van der Waals surface area contributed by atoms with E-state index in [9.17, 15) is 0 Å². The Morgan fingerprint density at radius 3 is 3.00 bits per heavy atom. The monoisotopic (exact) mass is 229 g/mol. The minimum atomic E-state index is 0.727. The van der Waals surface area contributed by atoms with E-state index in [1.165, 1.54) is 5.56 Å². The highest BCUT2D eigenvalue weighted by atomic mass is 15.3. The van der Waals surface area contributed by atoms with Crippen molar-refractivity contribution in [3.05, 3.63) is 29.2 Å². The molecule has 5 heteroatoms. The minimum Gasteiger partial charge on any atom is -0.311 e. The highest BCUT2D eigenvalue weighted by Gasteiger charge is 2.16. The van der Waals surface area contributed by atoms with Gasteiger partial charge in [-0.25, -0.2) is 9.97 Å². The third-order valence-electron chi connectivity index (χ3n) is 3.09. The summed E-state index contributed by atoms with van der Waals surface area (Å²) in [6.07, 6.45) is 2.93. The standard InChI is InChI=1S/C12H15N5/c1-8-9-3-5-13-7-11(9)15-12(14-8)10-4-6-17(2)16-10/h4,6,13H,3,5,7H2,1-2H3. The van der Waals surface area contributed by atoms with Gasteiger partial charge in [0.1, 0.15) is 5.69 Å². The number of rotatable bonds is 1. The lowest BCUT2D eigenvalue weighted by Crippen LogP contribution is -2.26. The molecule has 0 saturated carbocycles. The van der Waals surface area contributed by atoms with Crippen LogP contribution in [0, 0.1) is 6.92 Å². The van der Waals surface area contributed by atoms with Gasteiger partial charge in [-0.15, -0.1) is 0 Å². The van der Waals surface area contributed by atoms with Crippen molar-refractivity contribution in [2.24, 2.45) is 7.05 Å². The number of hydrogen-bond acceptors (Lipinski definition) is 4. The molecule has 0 radical (unpaired) electrons. The maximum atomic E-state index is 4.61. The predicted molar refractivity (Wildman–Crippen MR) is 64.4 cm³/mol. The Labute approximate surface area is 99.9 Å². The summed E-state index contributed by atoms with van der Waals surface area (Å²) in [7, 11) is 1.90. The average molecular weight is 229 g/mol. The fourth-order valence-corrected chi connectivity index (χ4v) is 2.20. The second-order valence-corrected chi connectivity index (χ2v) is 4.36. The van der Waals surface area contributed by atoms with Crippen LogP contribution < -0.4 is 5.32 Å². The van der Waals surface area contributed by atoms with Crippen LogP contribution in [-0.4, -0.2) is 26.3 Å². The predicted octanol–water partition coefficient (Wildman–Crippen LogP) is 0.831. The van der Waals surface area contributed by atoms with Gasteiger partial charge < -0.3 is 5.32 Å². The zero-order valence-corrected chi connectivity index (χ0v) is 10.1. The molecule has 2 aromatic rings. The Morgan fingerprint density at radius 2 is 2.24 bits per heavy atom. The summed E-state index contributed by atoms with van der Waals surface area (Å²) >= 11 is 0. The van der Waals surface area contributed by atoms with Crippen LogP contribution in [0.4, 0.5) is 0 Å². The summed E-state index contributed by atoms with van der Waals surface area (Å²) < 4.78 is 1.77. The normalized spacial score (nSPS) is 14.7. The van der Waals surface area contributed by atoms with E-state index in [0.717, 1.165) is 42.4 Å². The molecule has 1 aliphatic rings. The van der Waals surface area contributed by atoms with Crippen molar-refractivity contribution in [2.45, 2.75) is 19.9 Å². The lowest BCUT2D eigenvalue weighted by molar-refractivity contribution is 0.619. The number of fused-ring (bicyclic) bond motifs is 1. The van der Waals surface area contributed by atoms with Crippen LogP contribution in [0.3, 0.4) is 0 Å². The van der Waals surface area contributed by atoms with Crippen molar-refractivity contribution in [3.8, 4) is 11.5 Å². The Morgan fingerprint density at radius 1 is 1.35 bits per heavy atom. The number of hydrogen-bond donors (Lipinski definition) is 1. The van der Waals surface area contributed by atoms with Gasteiger partial charge in [0.25, 0.3) is 0 Å². The van der Waals surface area contributed by atoms with Gasteiger partial charge in [-0.05, 0) is 31.5 Å².